The molecule has 0 heterocycles. The second kappa shape index (κ2) is 31.6. The van der Waals surface area contributed by atoms with Gasteiger partial charge in [0.2, 0.25) is 24.1 Å². The third kappa shape index (κ3) is 19.0. The molecule has 7 rings (SSSR count). The number of Topliss-reactive ketones (excluding diaryl/α,β-unsaturated/α-hetero) is 2. The van der Waals surface area contributed by atoms with E-state index in [4.69, 9.17) is 37.9 Å². The van der Waals surface area contributed by atoms with Crippen LogP contribution in [0.3, 0.4) is 0 Å². The van der Waals surface area contributed by atoms with Gasteiger partial charge in [0.1, 0.15) is 49.4 Å². The van der Waals surface area contributed by atoms with E-state index >= 15 is 0 Å². The van der Waals surface area contributed by atoms with Crippen LogP contribution in [0.25, 0.3) is 0 Å². The van der Waals surface area contributed by atoms with Crippen molar-refractivity contribution >= 4 is 35.4 Å². The number of ketones is 2. The van der Waals surface area contributed by atoms with Crippen LogP contribution in [-0.2, 0) is 74.1 Å². The third-order valence-corrected chi connectivity index (χ3v) is 15.1. The average molecular weight is 1070 g/mol. The zero-order chi connectivity index (χ0) is 54.9. The molecular weight excluding hydrogens is 993 g/mol. The summed E-state index contributed by atoms with van der Waals surface area (Å²) < 4.78 is 47.1. The first-order chi connectivity index (χ1) is 38.0. The molecule has 14 nitrogen and oxygen atoms in total. The predicted molar refractivity (Wildman–Crippen MR) is 292 cm³/mol. The van der Waals surface area contributed by atoms with Crippen molar-refractivity contribution in [2.24, 2.45) is 11.8 Å². The number of unbranched alkanes of at least 4 members (excludes halogenated alkanes) is 4. The molecule has 0 amide bonds. The van der Waals surface area contributed by atoms with Crippen molar-refractivity contribution in [2.75, 3.05) is 0 Å². The molecule has 0 radical (unpaired) electrons. The van der Waals surface area contributed by atoms with Crippen molar-refractivity contribution < 1.29 is 66.7 Å². The number of hydrogen-bond donors (Lipinski definition) is 0. The molecular formula is C64H80O14. The number of esters is 4. The fourth-order valence-electron chi connectivity index (χ4n) is 10.5. The van der Waals surface area contributed by atoms with E-state index in [0.717, 1.165) is 157 Å². The Morgan fingerprint density at radius 2 is 0.744 bits per heavy atom. The van der Waals surface area contributed by atoms with Crippen LogP contribution in [0.1, 0.15) is 195 Å². The molecule has 0 N–H and O–H groups in total. The minimum atomic E-state index is -1.10. The molecule has 3 saturated carbocycles. The van der Waals surface area contributed by atoms with Crippen LogP contribution in [0.15, 0.2) is 91.0 Å². The maximum absolute atomic E-state index is 13.1. The molecule has 3 aliphatic rings. The minimum absolute atomic E-state index is 0.000549. The second-order valence-corrected chi connectivity index (χ2v) is 21.2. The highest BCUT2D eigenvalue weighted by atomic mass is 16.7. The van der Waals surface area contributed by atoms with Crippen molar-refractivity contribution in [1.29, 1.82) is 0 Å². The molecule has 2 unspecified atom stereocenters. The van der Waals surface area contributed by atoms with E-state index in [0.29, 0.717) is 41.4 Å². The summed E-state index contributed by atoms with van der Waals surface area (Å²) >= 11 is 0. The first kappa shape index (κ1) is 59.0. The van der Waals surface area contributed by atoms with E-state index in [1.165, 1.54) is 0 Å². The van der Waals surface area contributed by atoms with Gasteiger partial charge in [0.25, 0.3) is 0 Å². The van der Waals surface area contributed by atoms with Crippen molar-refractivity contribution in [1.82, 2.24) is 0 Å². The predicted octanol–water partition coefficient (Wildman–Crippen LogP) is 13.6. The average Bonchev–Trinajstić information content (AvgIpc) is 3.49. The summed E-state index contributed by atoms with van der Waals surface area (Å²) in [6.45, 7) is 4.01. The monoisotopic (exact) mass is 1070 g/mol. The molecule has 3 aliphatic carbocycles. The van der Waals surface area contributed by atoms with E-state index in [2.05, 4.69) is 13.8 Å². The molecule has 0 bridgehead atoms. The first-order valence-corrected chi connectivity index (χ1v) is 28.9. The van der Waals surface area contributed by atoms with Gasteiger partial charge in [-0.15, -0.1) is 0 Å². The Kier molecular flexibility index (Phi) is 23.9. The lowest BCUT2D eigenvalue weighted by Crippen LogP contribution is -2.27. The van der Waals surface area contributed by atoms with Crippen molar-refractivity contribution in [3.05, 3.63) is 119 Å². The van der Waals surface area contributed by atoms with Gasteiger partial charge in [-0.05, 0) is 134 Å². The van der Waals surface area contributed by atoms with Gasteiger partial charge in [-0.1, -0.05) is 140 Å². The number of hydrogen-bond acceptors (Lipinski definition) is 14. The molecule has 0 aliphatic heterocycles. The van der Waals surface area contributed by atoms with Crippen molar-refractivity contribution in [3.8, 4) is 23.0 Å². The fraction of sp³-hybridized carbons (Fsp3) is 0.531. The van der Waals surface area contributed by atoms with E-state index in [1.54, 1.807) is 48.5 Å². The summed E-state index contributed by atoms with van der Waals surface area (Å²) in [6, 6.07) is 27.2. The Hall–Kier alpha value is -6.70. The molecule has 2 atom stereocenters. The van der Waals surface area contributed by atoms with E-state index in [-0.39, 0.29) is 44.2 Å². The number of benzene rings is 4. The molecule has 0 spiro atoms. The maximum atomic E-state index is 13.1. The Labute approximate surface area is 460 Å². The fourth-order valence-corrected chi connectivity index (χ4v) is 10.5. The van der Waals surface area contributed by atoms with Gasteiger partial charge in [0.05, 0.1) is 0 Å². The molecule has 4 aromatic carbocycles. The van der Waals surface area contributed by atoms with Crippen LogP contribution in [0.2, 0.25) is 0 Å². The number of ether oxygens (including phenoxy) is 8. The number of carbonyl (C=O) groups is 6. The summed E-state index contributed by atoms with van der Waals surface area (Å²) in [5.41, 5.74) is 3.93. The quantitative estimate of drug-likeness (QED) is 0.0165. The molecule has 78 heavy (non-hydrogen) atoms. The minimum Gasteiger partial charge on any atom is -0.455 e. The van der Waals surface area contributed by atoms with E-state index in [9.17, 15) is 28.8 Å². The topological polar surface area (TPSA) is 176 Å². The maximum Gasteiger partial charge on any atom is 0.417 e. The van der Waals surface area contributed by atoms with Crippen LogP contribution in [0.4, 0.5) is 0 Å². The summed E-state index contributed by atoms with van der Waals surface area (Å²) in [5, 5.41) is 0. The Morgan fingerprint density at radius 1 is 0.397 bits per heavy atom. The van der Waals surface area contributed by atoms with Crippen LogP contribution in [0.5, 0.6) is 23.0 Å². The van der Waals surface area contributed by atoms with Gasteiger partial charge in [-0.25, -0.2) is 19.2 Å². The zero-order valence-electron chi connectivity index (χ0n) is 45.9. The van der Waals surface area contributed by atoms with Gasteiger partial charge in [-0.2, -0.15) is 0 Å². The van der Waals surface area contributed by atoms with Gasteiger partial charge in [0.15, 0.2) is 0 Å². The summed E-state index contributed by atoms with van der Waals surface area (Å²) in [7, 11) is 0. The molecule has 3 fully saturated rings. The lowest BCUT2D eigenvalue weighted by molar-refractivity contribution is -0.169. The number of carbonyl (C=O) groups excluding carboxylic acids is 6. The van der Waals surface area contributed by atoms with Crippen LogP contribution < -0.4 is 18.9 Å². The van der Waals surface area contributed by atoms with Crippen molar-refractivity contribution in [3.63, 3.8) is 0 Å². The number of rotatable bonds is 29. The summed E-state index contributed by atoms with van der Waals surface area (Å²) in [4.78, 5) is 76.1. The third-order valence-electron chi connectivity index (χ3n) is 15.1. The highest BCUT2D eigenvalue weighted by Crippen LogP contribution is 2.37. The smallest absolute Gasteiger partial charge is 0.417 e. The molecule has 0 saturated heterocycles. The Morgan fingerprint density at radius 3 is 1.14 bits per heavy atom. The first-order valence-electron chi connectivity index (χ1n) is 28.9. The normalized spacial score (nSPS) is 16.0. The summed E-state index contributed by atoms with van der Waals surface area (Å²) in [5.74, 6) is -2.47. The van der Waals surface area contributed by atoms with Crippen LogP contribution >= 0.6 is 0 Å². The van der Waals surface area contributed by atoms with Gasteiger partial charge < -0.3 is 37.9 Å². The molecule has 14 heteroatoms. The summed E-state index contributed by atoms with van der Waals surface area (Å²) in [6.07, 6.45) is 20.3. The second-order valence-electron chi connectivity index (χ2n) is 21.2. The largest absolute Gasteiger partial charge is 0.455 e. The lowest BCUT2D eigenvalue weighted by atomic mass is 9.82. The van der Waals surface area contributed by atoms with Crippen LogP contribution in [-0.4, -0.2) is 48.0 Å². The standard InChI is InChI=1S/C64H80O14/c1-3-5-10-24-57(75-52-33-26-45(27-34-52)41-71-61(67)59(65)49-20-14-8-15-21-49)76-53-37-30-47(31-38-53)43-73-63(69)64(70)74-44-51-32-39-55(40-56(51)48-18-12-7-13-19-48)78-58(25-11-6-4-2)77-54-35-28-46(29-36-54)42-72-62(68)60(66)50-22-16-9-17-23-50/h26-40,48-50,57-58H,3-25,41-44H2,1-2H3. The zero-order valence-corrected chi connectivity index (χ0v) is 45.9. The molecule has 4 aromatic rings. The SMILES string of the molecule is CCCCCC(Oc1ccc(COC(=O)C(=O)OCc2ccc(OC(CCCCC)Oc3ccc(COC(=O)C(=O)C4CCCCC4)cc3)cc2C2CCCCC2)cc1)Oc1ccc(COC(=O)C(=O)C2CCCCC2)cc1. The van der Waals surface area contributed by atoms with E-state index < -0.39 is 48.0 Å². The van der Waals surface area contributed by atoms with Gasteiger partial charge >= 0.3 is 23.9 Å². The molecule has 0 aromatic heterocycles. The Bertz CT molecular complexity index is 2520. The molecule has 420 valence electrons. The lowest BCUT2D eigenvalue weighted by Gasteiger charge is -2.26. The highest BCUT2D eigenvalue weighted by Gasteiger charge is 2.30. The van der Waals surface area contributed by atoms with Gasteiger partial charge in [-0.3, -0.25) is 9.59 Å². The van der Waals surface area contributed by atoms with E-state index in [1.807, 2.05) is 42.5 Å². The van der Waals surface area contributed by atoms with Crippen molar-refractivity contribution in [2.45, 2.75) is 206 Å². The highest BCUT2D eigenvalue weighted by molar-refractivity contribution is 6.34. The van der Waals surface area contributed by atoms with Gasteiger partial charge in [0, 0.05) is 24.7 Å². The van der Waals surface area contributed by atoms with Crippen LogP contribution in [0, 0.1) is 11.8 Å². The Balaban J connectivity index is 0.886.